The minimum atomic E-state index is -1.15. The molecule has 1 aromatic rings. The lowest BCUT2D eigenvalue weighted by atomic mass is 9.92. The van der Waals surface area contributed by atoms with Gasteiger partial charge in [-0.25, -0.2) is 0 Å². The Hall–Kier alpha value is -1.88. The van der Waals surface area contributed by atoms with Crippen LogP contribution in [0, 0.1) is 0 Å². The van der Waals surface area contributed by atoms with E-state index in [0.717, 1.165) is 0 Å². The number of rotatable bonds is 5. The average molecular weight is 263 g/mol. The molecule has 4 N–H and O–H groups in total. The molecular weight excluding hydrogens is 242 g/mol. The highest BCUT2D eigenvalue weighted by Gasteiger charge is 2.30. The van der Waals surface area contributed by atoms with Gasteiger partial charge >= 0.3 is 0 Å². The molecule has 0 spiro atoms. The molecule has 104 valence electrons. The van der Waals surface area contributed by atoms with E-state index in [2.05, 4.69) is 10.6 Å². The van der Waals surface area contributed by atoms with E-state index in [1.165, 1.54) is 0 Å². The number of nitrogens with two attached hydrogens (primary N) is 1. The van der Waals surface area contributed by atoms with E-state index in [0.29, 0.717) is 5.56 Å². The molecule has 0 saturated carbocycles. The normalized spacial score (nSPS) is 13.7. The van der Waals surface area contributed by atoms with Crippen molar-refractivity contribution in [3.8, 4) is 0 Å². The molecule has 0 fully saturated rings. The first-order valence-electron chi connectivity index (χ1n) is 6.26. The van der Waals surface area contributed by atoms with Crippen molar-refractivity contribution < 1.29 is 9.59 Å². The van der Waals surface area contributed by atoms with Crippen molar-refractivity contribution in [3.05, 3.63) is 35.9 Å². The molecule has 0 aliphatic carbocycles. The van der Waals surface area contributed by atoms with Crippen molar-refractivity contribution in [2.45, 2.75) is 32.4 Å². The minimum Gasteiger partial charge on any atom is -0.352 e. The zero-order chi connectivity index (χ0) is 14.5. The molecule has 1 rings (SSSR count). The average Bonchev–Trinajstić information content (AvgIpc) is 2.36. The van der Waals surface area contributed by atoms with Gasteiger partial charge in [-0.05, 0) is 26.3 Å². The van der Waals surface area contributed by atoms with Gasteiger partial charge in [-0.1, -0.05) is 30.3 Å². The van der Waals surface area contributed by atoms with Gasteiger partial charge in [0.1, 0.15) is 5.54 Å². The molecule has 1 aromatic carbocycles. The molecule has 0 radical (unpaired) electrons. The van der Waals surface area contributed by atoms with Crippen molar-refractivity contribution in [3.63, 3.8) is 0 Å². The molecule has 0 aliphatic heterocycles. The van der Waals surface area contributed by atoms with Crippen molar-refractivity contribution >= 4 is 11.8 Å². The fourth-order valence-electron chi connectivity index (χ4n) is 1.63. The highest BCUT2D eigenvalue weighted by atomic mass is 16.2. The SMILES string of the molecule is CC(C)NC(=O)CNC(=O)C(C)(N)c1ccccc1. The third-order valence-corrected chi connectivity index (χ3v) is 2.70. The number of amides is 2. The maximum Gasteiger partial charge on any atom is 0.244 e. The standard InChI is InChI=1S/C14H21N3O2/c1-10(2)17-12(18)9-16-13(19)14(3,15)11-7-5-4-6-8-11/h4-8,10H,9,15H2,1-3H3,(H,16,19)(H,17,18). The summed E-state index contributed by atoms with van der Waals surface area (Å²) in [6.07, 6.45) is 0. The van der Waals surface area contributed by atoms with E-state index in [4.69, 9.17) is 5.73 Å². The first-order valence-corrected chi connectivity index (χ1v) is 6.26. The molecule has 2 amide bonds. The lowest BCUT2D eigenvalue weighted by Crippen LogP contribution is -2.51. The Labute approximate surface area is 113 Å². The van der Waals surface area contributed by atoms with Crippen LogP contribution in [0.15, 0.2) is 30.3 Å². The van der Waals surface area contributed by atoms with E-state index in [1.807, 2.05) is 32.0 Å². The van der Waals surface area contributed by atoms with Crippen LogP contribution in [-0.2, 0) is 15.1 Å². The van der Waals surface area contributed by atoms with Gasteiger partial charge in [-0.2, -0.15) is 0 Å². The van der Waals surface area contributed by atoms with Gasteiger partial charge in [0.2, 0.25) is 11.8 Å². The Bertz CT molecular complexity index is 441. The zero-order valence-electron chi connectivity index (χ0n) is 11.6. The predicted octanol–water partition coefficient (Wildman–Crippen LogP) is 0.501. The lowest BCUT2D eigenvalue weighted by molar-refractivity contribution is -0.129. The van der Waals surface area contributed by atoms with E-state index in [1.54, 1.807) is 19.1 Å². The van der Waals surface area contributed by atoms with Gasteiger partial charge in [0.15, 0.2) is 0 Å². The maximum absolute atomic E-state index is 12.0. The van der Waals surface area contributed by atoms with E-state index >= 15 is 0 Å². The van der Waals surface area contributed by atoms with Gasteiger partial charge in [0.05, 0.1) is 6.54 Å². The number of hydrogen-bond acceptors (Lipinski definition) is 3. The topological polar surface area (TPSA) is 84.2 Å². The Morgan fingerprint density at radius 3 is 2.37 bits per heavy atom. The fourth-order valence-corrected chi connectivity index (χ4v) is 1.63. The summed E-state index contributed by atoms with van der Waals surface area (Å²) >= 11 is 0. The van der Waals surface area contributed by atoms with Gasteiger partial charge in [-0.15, -0.1) is 0 Å². The van der Waals surface area contributed by atoms with Crippen LogP contribution in [0.4, 0.5) is 0 Å². The van der Waals surface area contributed by atoms with Crippen LogP contribution in [-0.4, -0.2) is 24.4 Å². The summed E-state index contributed by atoms with van der Waals surface area (Å²) in [4.78, 5) is 23.5. The van der Waals surface area contributed by atoms with Gasteiger partial charge in [0.25, 0.3) is 0 Å². The summed E-state index contributed by atoms with van der Waals surface area (Å²) in [5, 5.41) is 5.25. The van der Waals surface area contributed by atoms with Crippen molar-refractivity contribution in [2.24, 2.45) is 5.73 Å². The van der Waals surface area contributed by atoms with Crippen molar-refractivity contribution in [2.75, 3.05) is 6.54 Å². The van der Waals surface area contributed by atoms with E-state index < -0.39 is 5.54 Å². The number of benzene rings is 1. The summed E-state index contributed by atoms with van der Waals surface area (Å²) in [7, 11) is 0. The third kappa shape index (κ3) is 4.37. The largest absolute Gasteiger partial charge is 0.352 e. The molecule has 0 aromatic heterocycles. The fraction of sp³-hybridized carbons (Fsp3) is 0.429. The zero-order valence-corrected chi connectivity index (χ0v) is 11.6. The molecule has 1 atom stereocenters. The van der Waals surface area contributed by atoms with Gasteiger partial charge < -0.3 is 16.4 Å². The summed E-state index contributed by atoms with van der Waals surface area (Å²) in [5.74, 6) is -0.607. The van der Waals surface area contributed by atoms with Gasteiger partial charge in [-0.3, -0.25) is 9.59 Å². The van der Waals surface area contributed by atoms with Crippen LogP contribution < -0.4 is 16.4 Å². The van der Waals surface area contributed by atoms with Crippen LogP contribution in [0.5, 0.6) is 0 Å². The number of carbonyl (C=O) groups excluding carboxylic acids is 2. The smallest absolute Gasteiger partial charge is 0.244 e. The summed E-state index contributed by atoms with van der Waals surface area (Å²) in [6, 6.07) is 9.11. The minimum absolute atomic E-state index is 0.0442. The molecule has 0 saturated heterocycles. The Balaban J connectivity index is 2.60. The van der Waals surface area contributed by atoms with E-state index in [9.17, 15) is 9.59 Å². The molecule has 5 heteroatoms. The van der Waals surface area contributed by atoms with Crippen molar-refractivity contribution in [1.82, 2.24) is 10.6 Å². The third-order valence-electron chi connectivity index (χ3n) is 2.70. The Kier molecular flexibility index (Phi) is 5.06. The second kappa shape index (κ2) is 6.33. The molecule has 0 aliphatic rings. The highest BCUT2D eigenvalue weighted by Crippen LogP contribution is 2.16. The number of nitrogens with one attached hydrogen (secondary N) is 2. The van der Waals surface area contributed by atoms with Crippen LogP contribution in [0.25, 0.3) is 0 Å². The molecule has 5 nitrogen and oxygen atoms in total. The lowest BCUT2D eigenvalue weighted by Gasteiger charge is -2.24. The second-order valence-corrected chi connectivity index (χ2v) is 4.97. The van der Waals surface area contributed by atoms with Gasteiger partial charge in [0, 0.05) is 6.04 Å². The highest BCUT2D eigenvalue weighted by molar-refractivity contribution is 5.90. The molecule has 0 heterocycles. The van der Waals surface area contributed by atoms with Crippen LogP contribution in [0.1, 0.15) is 26.3 Å². The Morgan fingerprint density at radius 2 is 1.84 bits per heavy atom. The molecule has 19 heavy (non-hydrogen) atoms. The Morgan fingerprint density at radius 1 is 1.26 bits per heavy atom. The van der Waals surface area contributed by atoms with Crippen LogP contribution in [0.2, 0.25) is 0 Å². The quantitative estimate of drug-likeness (QED) is 0.723. The summed E-state index contributed by atoms with van der Waals surface area (Å²) in [6.45, 7) is 5.27. The predicted molar refractivity (Wildman–Crippen MR) is 74.3 cm³/mol. The summed E-state index contributed by atoms with van der Waals surface area (Å²) in [5.41, 5.74) is 5.58. The monoisotopic (exact) mass is 263 g/mol. The van der Waals surface area contributed by atoms with Crippen LogP contribution >= 0.6 is 0 Å². The van der Waals surface area contributed by atoms with Crippen LogP contribution in [0.3, 0.4) is 0 Å². The number of carbonyl (C=O) groups is 2. The first kappa shape index (κ1) is 15.2. The maximum atomic E-state index is 12.0. The second-order valence-electron chi connectivity index (χ2n) is 4.97. The first-order chi connectivity index (χ1) is 8.84. The molecule has 1 unspecified atom stereocenters. The summed E-state index contributed by atoms with van der Waals surface area (Å²) < 4.78 is 0. The molecular formula is C14H21N3O2. The van der Waals surface area contributed by atoms with E-state index in [-0.39, 0.29) is 24.4 Å². The molecule has 0 bridgehead atoms. The van der Waals surface area contributed by atoms with Crippen molar-refractivity contribution in [1.29, 1.82) is 0 Å². The number of hydrogen-bond donors (Lipinski definition) is 3.